The molecular weight excluding hydrogens is 402 g/mol. The van der Waals surface area contributed by atoms with Gasteiger partial charge >= 0.3 is 12.1 Å². The van der Waals surface area contributed by atoms with Crippen LogP contribution in [-0.4, -0.2) is 66.2 Å². The summed E-state index contributed by atoms with van der Waals surface area (Å²) in [6.07, 6.45) is 1.03. The molecule has 0 bridgehead atoms. The molecule has 0 spiro atoms. The number of nitrogens with zero attached hydrogens (tertiary/aromatic N) is 1. The van der Waals surface area contributed by atoms with Gasteiger partial charge in [-0.1, -0.05) is 27.7 Å². The zero-order valence-electron chi connectivity index (χ0n) is 20.1. The molecule has 1 aliphatic heterocycles. The first-order valence-corrected chi connectivity index (χ1v) is 10.9. The number of methoxy groups -OCH3 is 1. The number of ether oxygens (including phenoxy) is 2. The summed E-state index contributed by atoms with van der Waals surface area (Å²) in [4.78, 5) is 51.9. The number of likely N-dealkylation sites (tertiary alicyclic amines) is 1. The largest absolute Gasteiger partial charge is 0.467 e. The third-order valence-electron chi connectivity index (χ3n) is 4.94. The van der Waals surface area contributed by atoms with Crippen molar-refractivity contribution >= 4 is 23.9 Å². The van der Waals surface area contributed by atoms with E-state index in [1.807, 2.05) is 13.8 Å². The number of carbonyl (C=O) groups is 4. The van der Waals surface area contributed by atoms with Crippen LogP contribution in [0.15, 0.2) is 0 Å². The number of nitrogens with one attached hydrogen (secondary N) is 2. The standard InChI is InChI=1S/C22H39N3O6/c1-13(2)12-15(18(26)24-17(14(3)4)20(28)30-8)23-19(27)16-10-9-11-25(16)21(29)31-22(5,6)7/h13-17H,9-12H2,1-8H3,(H,23,27)(H,24,26)/t15-,16-,17-/m1/s1. The molecule has 9 heteroatoms. The third kappa shape index (κ3) is 8.38. The average Bonchev–Trinajstić information content (AvgIpc) is 3.12. The Hall–Kier alpha value is -2.32. The summed E-state index contributed by atoms with van der Waals surface area (Å²) < 4.78 is 10.2. The summed E-state index contributed by atoms with van der Waals surface area (Å²) in [6.45, 7) is 13.2. The van der Waals surface area contributed by atoms with Crippen molar-refractivity contribution in [2.24, 2.45) is 11.8 Å². The fourth-order valence-electron chi connectivity index (χ4n) is 3.43. The van der Waals surface area contributed by atoms with E-state index in [-0.39, 0.29) is 11.8 Å². The predicted octanol–water partition coefficient (Wildman–Crippen LogP) is 2.23. The van der Waals surface area contributed by atoms with E-state index in [1.165, 1.54) is 12.0 Å². The monoisotopic (exact) mass is 441 g/mol. The second kappa shape index (κ2) is 11.3. The fraction of sp³-hybridized carbons (Fsp3) is 0.818. The molecule has 0 saturated carbocycles. The van der Waals surface area contributed by atoms with Crippen molar-refractivity contribution in [2.75, 3.05) is 13.7 Å². The average molecular weight is 442 g/mol. The van der Waals surface area contributed by atoms with E-state index in [2.05, 4.69) is 10.6 Å². The van der Waals surface area contributed by atoms with E-state index in [4.69, 9.17) is 9.47 Å². The van der Waals surface area contributed by atoms with Gasteiger partial charge in [0.1, 0.15) is 23.7 Å². The number of hydrogen-bond acceptors (Lipinski definition) is 6. The SMILES string of the molecule is COC(=O)[C@H](NC(=O)[C@@H](CC(C)C)NC(=O)[C@H]1CCCN1C(=O)OC(C)(C)C)C(C)C. The van der Waals surface area contributed by atoms with Gasteiger partial charge < -0.3 is 20.1 Å². The molecule has 9 nitrogen and oxygen atoms in total. The highest BCUT2D eigenvalue weighted by molar-refractivity contribution is 5.93. The highest BCUT2D eigenvalue weighted by Crippen LogP contribution is 2.21. The molecule has 0 unspecified atom stereocenters. The maximum absolute atomic E-state index is 13.0. The molecule has 2 N–H and O–H groups in total. The van der Waals surface area contributed by atoms with Crippen LogP contribution < -0.4 is 10.6 Å². The molecule has 1 aliphatic rings. The van der Waals surface area contributed by atoms with E-state index in [9.17, 15) is 19.2 Å². The van der Waals surface area contributed by atoms with Crippen LogP contribution in [0, 0.1) is 11.8 Å². The van der Waals surface area contributed by atoms with E-state index >= 15 is 0 Å². The molecule has 178 valence electrons. The predicted molar refractivity (Wildman–Crippen MR) is 116 cm³/mol. The Kier molecular flexibility index (Phi) is 9.77. The minimum absolute atomic E-state index is 0.122. The second-order valence-electron chi connectivity index (χ2n) is 9.78. The highest BCUT2D eigenvalue weighted by atomic mass is 16.6. The number of rotatable bonds is 8. The molecule has 0 radical (unpaired) electrons. The molecule has 0 aromatic carbocycles. The molecule has 3 atom stereocenters. The number of hydrogen-bond donors (Lipinski definition) is 2. The molecular formula is C22H39N3O6. The molecule has 1 rings (SSSR count). The first-order valence-electron chi connectivity index (χ1n) is 10.9. The van der Waals surface area contributed by atoms with Crippen LogP contribution in [0.1, 0.15) is 67.7 Å². The van der Waals surface area contributed by atoms with Gasteiger partial charge in [-0.2, -0.15) is 0 Å². The van der Waals surface area contributed by atoms with Gasteiger partial charge in [-0.3, -0.25) is 14.5 Å². The summed E-state index contributed by atoms with van der Waals surface area (Å²) in [5.41, 5.74) is -0.666. The molecule has 0 aromatic rings. The third-order valence-corrected chi connectivity index (χ3v) is 4.94. The minimum Gasteiger partial charge on any atom is -0.467 e. The lowest BCUT2D eigenvalue weighted by Crippen LogP contribution is -2.56. The molecule has 0 aliphatic carbocycles. The van der Waals surface area contributed by atoms with Gasteiger partial charge in [-0.15, -0.1) is 0 Å². The van der Waals surface area contributed by atoms with Gasteiger partial charge in [0.05, 0.1) is 7.11 Å². The van der Waals surface area contributed by atoms with Crippen molar-refractivity contribution in [3.63, 3.8) is 0 Å². The lowest BCUT2D eigenvalue weighted by atomic mass is 10.00. The lowest BCUT2D eigenvalue weighted by Gasteiger charge is -2.30. The van der Waals surface area contributed by atoms with Crippen molar-refractivity contribution < 1.29 is 28.7 Å². The van der Waals surface area contributed by atoms with Crippen molar-refractivity contribution in [1.29, 1.82) is 0 Å². The highest BCUT2D eigenvalue weighted by Gasteiger charge is 2.38. The Morgan fingerprint density at radius 3 is 2.16 bits per heavy atom. The zero-order valence-corrected chi connectivity index (χ0v) is 20.1. The number of esters is 1. The maximum atomic E-state index is 13.0. The molecule has 1 fully saturated rings. The number of carbonyl (C=O) groups excluding carboxylic acids is 4. The lowest BCUT2D eigenvalue weighted by molar-refractivity contribution is -0.146. The van der Waals surface area contributed by atoms with Crippen LogP contribution in [0.2, 0.25) is 0 Å². The maximum Gasteiger partial charge on any atom is 0.410 e. The van der Waals surface area contributed by atoms with Gasteiger partial charge in [0.25, 0.3) is 0 Å². The minimum atomic E-state index is -0.834. The molecule has 1 heterocycles. The Morgan fingerprint density at radius 2 is 1.68 bits per heavy atom. The smallest absolute Gasteiger partial charge is 0.410 e. The van der Waals surface area contributed by atoms with Crippen LogP contribution in [0.5, 0.6) is 0 Å². The fourth-order valence-corrected chi connectivity index (χ4v) is 3.43. The van der Waals surface area contributed by atoms with E-state index in [0.717, 1.165) is 0 Å². The summed E-state index contributed by atoms with van der Waals surface area (Å²) >= 11 is 0. The Morgan fingerprint density at radius 1 is 1.06 bits per heavy atom. The van der Waals surface area contributed by atoms with Crippen LogP contribution in [0.3, 0.4) is 0 Å². The van der Waals surface area contributed by atoms with Gasteiger partial charge in [0, 0.05) is 6.54 Å². The van der Waals surface area contributed by atoms with E-state index in [0.29, 0.717) is 25.8 Å². The first kappa shape index (κ1) is 26.7. The normalized spacial score (nSPS) is 18.5. The van der Waals surface area contributed by atoms with Gasteiger partial charge in [0.15, 0.2) is 0 Å². The van der Waals surface area contributed by atoms with Crippen molar-refractivity contribution in [1.82, 2.24) is 15.5 Å². The van der Waals surface area contributed by atoms with Crippen LogP contribution in [0.25, 0.3) is 0 Å². The Labute approximate surface area is 185 Å². The molecule has 31 heavy (non-hydrogen) atoms. The van der Waals surface area contributed by atoms with Gasteiger partial charge in [-0.05, 0) is 51.9 Å². The quantitative estimate of drug-likeness (QED) is 0.559. The van der Waals surface area contributed by atoms with Crippen molar-refractivity contribution in [2.45, 2.75) is 91.5 Å². The molecule has 0 aromatic heterocycles. The van der Waals surface area contributed by atoms with Gasteiger partial charge in [-0.25, -0.2) is 9.59 Å². The number of amides is 3. The molecule has 3 amide bonds. The van der Waals surface area contributed by atoms with Crippen LogP contribution >= 0.6 is 0 Å². The van der Waals surface area contributed by atoms with Crippen LogP contribution in [-0.2, 0) is 23.9 Å². The summed E-state index contributed by atoms with van der Waals surface area (Å²) in [6, 6.07) is -2.34. The van der Waals surface area contributed by atoms with E-state index < -0.39 is 47.6 Å². The second-order valence-corrected chi connectivity index (χ2v) is 9.78. The van der Waals surface area contributed by atoms with Crippen molar-refractivity contribution in [3.8, 4) is 0 Å². The zero-order chi connectivity index (χ0) is 23.9. The van der Waals surface area contributed by atoms with Crippen molar-refractivity contribution in [3.05, 3.63) is 0 Å². The summed E-state index contributed by atoms with van der Waals surface area (Å²) in [5.74, 6) is -1.44. The Bertz CT molecular complexity index is 656. The Balaban J connectivity index is 2.92. The first-order chi connectivity index (χ1) is 14.3. The summed E-state index contributed by atoms with van der Waals surface area (Å²) in [7, 11) is 1.27. The van der Waals surface area contributed by atoms with Gasteiger partial charge in [0.2, 0.25) is 11.8 Å². The molecule has 1 saturated heterocycles. The van der Waals surface area contributed by atoms with E-state index in [1.54, 1.807) is 34.6 Å². The van der Waals surface area contributed by atoms with Crippen LogP contribution in [0.4, 0.5) is 4.79 Å². The topological polar surface area (TPSA) is 114 Å². The summed E-state index contributed by atoms with van der Waals surface area (Å²) in [5, 5.41) is 5.49.